The predicted molar refractivity (Wildman–Crippen MR) is 46.8 cm³/mol. The smallest absolute Gasteiger partial charge is 0.220 e. The zero-order valence-corrected chi connectivity index (χ0v) is 7.76. The Morgan fingerprint density at radius 3 is 3.17 bits per heavy atom. The molecule has 2 atom stereocenters. The lowest BCUT2D eigenvalue weighted by Gasteiger charge is -2.38. The molecule has 2 fully saturated rings. The molecule has 0 spiro atoms. The Morgan fingerprint density at radius 1 is 1.67 bits per heavy atom. The van der Waals surface area contributed by atoms with Crippen LogP contribution in [0.3, 0.4) is 0 Å². The molecule has 0 unspecified atom stereocenters. The highest BCUT2D eigenvalue weighted by Gasteiger charge is 2.45. The second-order valence-corrected chi connectivity index (χ2v) is 4.25. The first kappa shape index (κ1) is 8.05. The van der Waals surface area contributed by atoms with Crippen LogP contribution in [-0.4, -0.2) is 36.0 Å². The highest BCUT2D eigenvalue weighted by molar-refractivity contribution is 5.78. The van der Waals surface area contributed by atoms with Crippen LogP contribution in [0.25, 0.3) is 0 Å². The van der Waals surface area contributed by atoms with Crippen molar-refractivity contribution in [2.45, 2.75) is 37.8 Å². The Kier molecular flexibility index (Phi) is 1.65. The number of piperidine rings is 1. The molecule has 3 nitrogen and oxygen atoms in total. The van der Waals surface area contributed by atoms with Gasteiger partial charge in [-0.3, -0.25) is 4.79 Å². The zero-order chi connectivity index (χ0) is 8.77. The first-order valence-corrected chi connectivity index (χ1v) is 4.63. The van der Waals surface area contributed by atoms with E-state index in [1.807, 2.05) is 0 Å². The molecule has 0 bridgehead atoms. The summed E-state index contributed by atoms with van der Waals surface area (Å²) in [6.07, 6.45) is 2.82. The summed E-state index contributed by atoms with van der Waals surface area (Å²) in [4.78, 5) is 13.5. The van der Waals surface area contributed by atoms with Crippen LogP contribution in [0.15, 0.2) is 0 Å². The molecule has 0 radical (unpaired) electrons. The van der Waals surface area contributed by atoms with Crippen LogP contribution in [-0.2, 0) is 4.79 Å². The van der Waals surface area contributed by atoms with Crippen LogP contribution in [0.4, 0.5) is 0 Å². The third kappa shape index (κ3) is 1.04. The fourth-order valence-electron chi connectivity index (χ4n) is 2.55. The molecule has 0 aliphatic carbocycles. The van der Waals surface area contributed by atoms with Crippen LogP contribution in [0, 0.1) is 0 Å². The molecule has 2 saturated heterocycles. The zero-order valence-electron chi connectivity index (χ0n) is 7.76. The number of carbonyl (C=O) groups excluding carboxylic acids is 1. The number of rotatable bonds is 0. The summed E-state index contributed by atoms with van der Waals surface area (Å²) in [5, 5.41) is 3.10. The Hall–Kier alpha value is -0.570. The fraction of sp³-hybridized carbons (Fsp3) is 0.889. The molecule has 3 heteroatoms. The van der Waals surface area contributed by atoms with Crippen LogP contribution in [0.5, 0.6) is 0 Å². The molecule has 0 saturated carbocycles. The topological polar surface area (TPSA) is 32.3 Å². The van der Waals surface area contributed by atoms with Gasteiger partial charge in [-0.2, -0.15) is 0 Å². The Labute approximate surface area is 73.1 Å². The summed E-state index contributed by atoms with van der Waals surface area (Å²) in [6, 6.07) is 0.565. The quantitative estimate of drug-likeness (QED) is 0.566. The van der Waals surface area contributed by atoms with E-state index in [1.54, 1.807) is 0 Å². The maximum absolute atomic E-state index is 11.2. The van der Waals surface area contributed by atoms with Gasteiger partial charge in [-0.1, -0.05) is 0 Å². The van der Waals surface area contributed by atoms with Gasteiger partial charge in [0.2, 0.25) is 5.91 Å². The molecule has 1 amide bonds. The van der Waals surface area contributed by atoms with Crippen molar-refractivity contribution < 1.29 is 4.79 Å². The fourth-order valence-corrected chi connectivity index (χ4v) is 2.55. The lowest BCUT2D eigenvalue weighted by molar-refractivity contribution is -0.125. The van der Waals surface area contributed by atoms with E-state index in [0.29, 0.717) is 12.5 Å². The van der Waals surface area contributed by atoms with Crippen LogP contribution < -0.4 is 5.32 Å². The number of amides is 1. The number of nitrogens with zero attached hydrogens (tertiary/aromatic N) is 1. The van der Waals surface area contributed by atoms with E-state index in [9.17, 15) is 4.79 Å². The van der Waals surface area contributed by atoms with Crippen LogP contribution in [0.2, 0.25) is 0 Å². The van der Waals surface area contributed by atoms with Gasteiger partial charge >= 0.3 is 0 Å². The van der Waals surface area contributed by atoms with Gasteiger partial charge in [0.05, 0.1) is 5.54 Å². The number of nitrogens with one attached hydrogen (secondary N) is 1. The van der Waals surface area contributed by atoms with Gasteiger partial charge < -0.3 is 10.2 Å². The second kappa shape index (κ2) is 2.46. The van der Waals surface area contributed by atoms with Crippen molar-refractivity contribution in [2.75, 3.05) is 13.6 Å². The summed E-state index contributed by atoms with van der Waals surface area (Å²) in [5.74, 6) is 0.226. The molecule has 0 aromatic rings. The molecule has 2 aliphatic heterocycles. The van der Waals surface area contributed by atoms with Gasteiger partial charge in [0.1, 0.15) is 0 Å². The summed E-state index contributed by atoms with van der Waals surface area (Å²) in [6.45, 7) is 3.28. The van der Waals surface area contributed by atoms with E-state index in [2.05, 4.69) is 24.2 Å². The van der Waals surface area contributed by atoms with Gasteiger partial charge in [-0.05, 0) is 26.8 Å². The van der Waals surface area contributed by atoms with Crippen LogP contribution >= 0.6 is 0 Å². The van der Waals surface area contributed by atoms with Gasteiger partial charge in [0, 0.05) is 19.0 Å². The number of hydrogen-bond acceptors (Lipinski definition) is 2. The summed E-state index contributed by atoms with van der Waals surface area (Å²) in [5.41, 5.74) is 0.0596. The van der Waals surface area contributed by atoms with Crippen molar-refractivity contribution in [1.29, 1.82) is 0 Å². The Bertz CT molecular complexity index is 217. The molecule has 2 rings (SSSR count). The molecular weight excluding hydrogens is 152 g/mol. The van der Waals surface area contributed by atoms with E-state index < -0.39 is 0 Å². The standard InChI is InChI=1S/C9H16N2O/c1-9-5-6-11(2)7(9)3-4-8(12)10-9/h7H,3-6H2,1-2H3,(H,10,12)/t7-,9-/m0/s1. The Morgan fingerprint density at radius 2 is 2.42 bits per heavy atom. The van der Waals surface area contributed by atoms with E-state index in [-0.39, 0.29) is 11.4 Å². The van der Waals surface area contributed by atoms with Crippen LogP contribution in [0.1, 0.15) is 26.2 Å². The minimum absolute atomic E-state index is 0.0596. The molecule has 2 aliphatic rings. The van der Waals surface area contributed by atoms with Crippen molar-refractivity contribution in [3.05, 3.63) is 0 Å². The van der Waals surface area contributed by atoms with Crippen molar-refractivity contribution in [3.63, 3.8) is 0 Å². The summed E-state index contributed by atoms with van der Waals surface area (Å²) in [7, 11) is 2.15. The average Bonchev–Trinajstić information content (AvgIpc) is 2.27. The lowest BCUT2D eigenvalue weighted by atomic mass is 9.86. The van der Waals surface area contributed by atoms with Crippen molar-refractivity contribution in [1.82, 2.24) is 10.2 Å². The first-order valence-electron chi connectivity index (χ1n) is 4.63. The minimum atomic E-state index is 0.0596. The molecule has 1 N–H and O–H groups in total. The highest BCUT2D eigenvalue weighted by Crippen LogP contribution is 2.32. The van der Waals surface area contributed by atoms with Gasteiger partial charge in [-0.25, -0.2) is 0 Å². The normalized spacial score (nSPS) is 42.5. The minimum Gasteiger partial charge on any atom is -0.349 e. The number of fused-ring (bicyclic) bond motifs is 1. The van der Waals surface area contributed by atoms with Gasteiger partial charge in [0.25, 0.3) is 0 Å². The molecule has 0 aromatic heterocycles. The average molecular weight is 168 g/mol. The van der Waals surface area contributed by atoms with E-state index in [0.717, 1.165) is 19.4 Å². The molecule has 0 aromatic carbocycles. The SMILES string of the molecule is CN1CC[C@]2(C)NC(=O)CC[C@H]12. The predicted octanol–water partition coefficient (Wildman–Crippen LogP) is 0.359. The monoisotopic (exact) mass is 168 g/mol. The highest BCUT2D eigenvalue weighted by atomic mass is 16.1. The Balaban J connectivity index is 2.19. The largest absolute Gasteiger partial charge is 0.349 e. The second-order valence-electron chi connectivity index (χ2n) is 4.25. The van der Waals surface area contributed by atoms with Crippen molar-refractivity contribution in [2.24, 2.45) is 0 Å². The maximum Gasteiger partial charge on any atom is 0.220 e. The van der Waals surface area contributed by atoms with E-state index in [1.165, 1.54) is 0 Å². The van der Waals surface area contributed by atoms with E-state index in [4.69, 9.17) is 0 Å². The molecular formula is C9H16N2O. The first-order chi connectivity index (χ1) is 5.62. The third-order valence-corrected chi connectivity index (χ3v) is 3.32. The summed E-state index contributed by atoms with van der Waals surface area (Å²) >= 11 is 0. The molecule has 68 valence electrons. The lowest BCUT2D eigenvalue weighted by Crippen LogP contribution is -2.57. The molecule has 2 heterocycles. The van der Waals surface area contributed by atoms with Gasteiger partial charge in [0.15, 0.2) is 0 Å². The third-order valence-electron chi connectivity index (χ3n) is 3.32. The van der Waals surface area contributed by atoms with Crippen molar-refractivity contribution in [3.8, 4) is 0 Å². The number of likely N-dealkylation sites (tertiary alicyclic amines) is 1. The number of likely N-dealkylation sites (N-methyl/N-ethyl adjacent to an activating group) is 1. The molecule has 12 heavy (non-hydrogen) atoms. The number of hydrogen-bond donors (Lipinski definition) is 1. The summed E-state index contributed by atoms with van der Waals surface area (Å²) < 4.78 is 0. The van der Waals surface area contributed by atoms with E-state index >= 15 is 0 Å². The number of carbonyl (C=O) groups is 1. The van der Waals surface area contributed by atoms with Gasteiger partial charge in [-0.15, -0.1) is 0 Å². The van der Waals surface area contributed by atoms with Crippen molar-refractivity contribution >= 4 is 5.91 Å². The maximum atomic E-state index is 11.2.